The first-order valence-corrected chi connectivity index (χ1v) is 6.00. The lowest BCUT2D eigenvalue weighted by molar-refractivity contribution is 0.299. The third kappa shape index (κ3) is 4.19. The maximum Gasteiger partial charge on any atom is 0.127 e. The zero-order valence-electron chi connectivity index (χ0n) is 10.6. The zero-order chi connectivity index (χ0) is 12.7. The van der Waals surface area contributed by atoms with Crippen molar-refractivity contribution < 1.29 is 9.13 Å². The van der Waals surface area contributed by atoms with Gasteiger partial charge >= 0.3 is 0 Å². The van der Waals surface area contributed by atoms with E-state index in [4.69, 9.17) is 4.74 Å². The molecular formula is C14H20FNO. The molecule has 1 rings (SSSR count). The van der Waals surface area contributed by atoms with Gasteiger partial charge in [0, 0.05) is 17.7 Å². The minimum absolute atomic E-state index is 0.193. The maximum atomic E-state index is 13.5. The summed E-state index contributed by atoms with van der Waals surface area (Å²) in [6.45, 7) is 9.79. The zero-order valence-corrected chi connectivity index (χ0v) is 10.6. The van der Waals surface area contributed by atoms with Crippen molar-refractivity contribution in [2.45, 2.75) is 26.8 Å². The monoisotopic (exact) mass is 237 g/mol. The summed E-state index contributed by atoms with van der Waals surface area (Å²) in [6, 6.07) is 4.94. The van der Waals surface area contributed by atoms with Gasteiger partial charge < -0.3 is 10.1 Å². The minimum atomic E-state index is -0.193. The van der Waals surface area contributed by atoms with E-state index in [1.54, 1.807) is 12.1 Å². The number of hydrogen-bond donors (Lipinski definition) is 1. The third-order valence-electron chi connectivity index (χ3n) is 2.43. The molecule has 1 aromatic rings. The van der Waals surface area contributed by atoms with E-state index in [2.05, 4.69) is 18.8 Å². The van der Waals surface area contributed by atoms with E-state index in [0.29, 0.717) is 24.5 Å². The predicted octanol–water partition coefficient (Wildman–Crippen LogP) is 3.33. The van der Waals surface area contributed by atoms with Crippen LogP contribution in [0.5, 0.6) is 0 Å². The molecule has 0 spiro atoms. The van der Waals surface area contributed by atoms with Crippen LogP contribution >= 0.6 is 0 Å². The fourth-order valence-electron chi connectivity index (χ4n) is 1.54. The Morgan fingerprint density at radius 3 is 2.82 bits per heavy atom. The minimum Gasteiger partial charge on any atom is -0.494 e. The SMILES string of the molecule is C=C(OCC)c1ccc(F)c(CNCCC)c1. The molecule has 0 bridgehead atoms. The van der Waals surface area contributed by atoms with Gasteiger partial charge in [-0.2, -0.15) is 0 Å². The molecule has 0 radical (unpaired) electrons. The number of hydrogen-bond acceptors (Lipinski definition) is 2. The van der Waals surface area contributed by atoms with Crippen LogP contribution in [0.3, 0.4) is 0 Å². The summed E-state index contributed by atoms with van der Waals surface area (Å²) < 4.78 is 18.8. The summed E-state index contributed by atoms with van der Waals surface area (Å²) in [5, 5.41) is 3.18. The molecule has 1 aromatic carbocycles. The largest absolute Gasteiger partial charge is 0.494 e. The van der Waals surface area contributed by atoms with Gasteiger partial charge in [-0.05, 0) is 38.1 Å². The highest BCUT2D eigenvalue weighted by Crippen LogP contribution is 2.17. The number of ether oxygens (including phenoxy) is 1. The second-order valence-electron chi connectivity index (χ2n) is 3.84. The quantitative estimate of drug-likeness (QED) is 0.580. The Kier molecular flexibility index (Phi) is 5.70. The standard InChI is InChI=1S/C14H20FNO/c1-4-8-16-10-13-9-12(6-7-14(13)15)11(3)17-5-2/h6-7,9,16H,3-5,8,10H2,1-2H3. The van der Waals surface area contributed by atoms with Gasteiger partial charge in [-0.3, -0.25) is 0 Å². The molecule has 0 unspecified atom stereocenters. The Labute approximate surface area is 102 Å². The smallest absolute Gasteiger partial charge is 0.127 e. The highest BCUT2D eigenvalue weighted by molar-refractivity contribution is 5.58. The van der Waals surface area contributed by atoms with Crippen molar-refractivity contribution in [1.29, 1.82) is 0 Å². The van der Waals surface area contributed by atoms with Crippen LogP contribution in [0, 0.1) is 5.82 Å². The second kappa shape index (κ2) is 7.07. The molecule has 0 saturated carbocycles. The van der Waals surface area contributed by atoms with Crippen LogP contribution in [0.15, 0.2) is 24.8 Å². The number of nitrogens with one attached hydrogen (secondary N) is 1. The molecule has 3 heteroatoms. The lowest BCUT2D eigenvalue weighted by Crippen LogP contribution is -2.15. The van der Waals surface area contributed by atoms with Gasteiger partial charge in [0.1, 0.15) is 11.6 Å². The molecule has 17 heavy (non-hydrogen) atoms. The molecule has 1 N–H and O–H groups in total. The molecule has 94 valence electrons. The Bertz CT molecular complexity index is 376. The summed E-state index contributed by atoms with van der Waals surface area (Å²) in [6.07, 6.45) is 1.03. The average Bonchev–Trinajstić information content (AvgIpc) is 2.32. The van der Waals surface area contributed by atoms with E-state index in [1.807, 2.05) is 6.92 Å². The van der Waals surface area contributed by atoms with Crippen molar-refractivity contribution in [2.24, 2.45) is 0 Å². The molecule has 0 saturated heterocycles. The van der Waals surface area contributed by atoms with Gasteiger partial charge in [-0.1, -0.05) is 13.5 Å². The fraction of sp³-hybridized carbons (Fsp3) is 0.429. The highest BCUT2D eigenvalue weighted by Gasteiger charge is 2.06. The van der Waals surface area contributed by atoms with Crippen molar-refractivity contribution in [2.75, 3.05) is 13.2 Å². The van der Waals surface area contributed by atoms with E-state index >= 15 is 0 Å². The van der Waals surface area contributed by atoms with E-state index in [1.165, 1.54) is 6.07 Å². The maximum absolute atomic E-state index is 13.5. The van der Waals surface area contributed by atoms with Crippen LogP contribution in [0.4, 0.5) is 4.39 Å². The van der Waals surface area contributed by atoms with Crippen LogP contribution in [0.1, 0.15) is 31.4 Å². The molecule has 0 heterocycles. The fourth-order valence-corrected chi connectivity index (χ4v) is 1.54. The second-order valence-corrected chi connectivity index (χ2v) is 3.84. The summed E-state index contributed by atoms with van der Waals surface area (Å²) in [5.74, 6) is 0.394. The summed E-state index contributed by atoms with van der Waals surface area (Å²) in [4.78, 5) is 0. The first-order valence-electron chi connectivity index (χ1n) is 6.00. The predicted molar refractivity (Wildman–Crippen MR) is 69.1 cm³/mol. The first kappa shape index (κ1) is 13.7. The summed E-state index contributed by atoms with van der Waals surface area (Å²) >= 11 is 0. The van der Waals surface area contributed by atoms with Gasteiger partial charge in [0.05, 0.1) is 6.61 Å². The van der Waals surface area contributed by atoms with Crippen LogP contribution < -0.4 is 5.32 Å². The van der Waals surface area contributed by atoms with E-state index in [0.717, 1.165) is 18.5 Å². The van der Waals surface area contributed by atoms with Gasteiger partial charge in [0.25, 0.3) is 0 Å². The molecular weight excluding hydrogens is 217 g/mol. The molecule has 0 aliphatic carbocycles. The van der Waals surface area contributed by atoms with Crippen molar-refractivity contribution in [3.8, 4) is 0 Å². The average molecular weight is 237 g/mol. The number of benzene rings is 1. The van der Waals surface area contributed by atoms with E-state index in [9.17, 15) is 4.39 Å². The lowest BCUT2D eigenvalue weighted by atomic mass is 10.1. The third-order valence-corrected chi connectivity index (χ3v) is 2.43. The van der Waals surface area contributed by atoms with Crippen LogP contribution in [-0.2, 0) is 11.3 Å². The topological polar surface area (TPSA) is 21.3 Å². The molecule has 0 aliphatic heterocycles. The van der Waals surface area contributed by atoms with Crippen LogP contribution in [0.25, 0.3) is 5.76 Å². The van der Waals surface area contributed by atoms with Gasteiger partial charge in [0.15, 0.2) is 0 Å². The van der Waals surface area contributed by atoms with Gasteiger partial charge in [-0.15, -0.1) is 0 Å². The number of rotatable bonds is 7. The van der Waals surface area contributed by atoms with Crippen molar-refractivity contribution in [1.82, 2.24) is 5.32 Å². The van der Waals surface area contributed by atoms with E-state index < -0.39 is 0 Å². The Morgan fingerprint density at radius 1 is 1.41 bits per heavy atom. The van der Waals surface area contributed by atoms with Crippen LogP contribution in [0.2, 0.25) is 0 Å². The van der Waals surface area contributed by atoms with Crippen molar-refractivity contribution in [3.63, 3.8) is 0 Å². The normalized spacial score (nSPS) is 10.3. The number of halogens is 1. The molecule has 0 fully saturated rings. The van der Waals surface area contributed by atoms with Gasteiger partial charge in [-0.25, -0.2) is 4.39 Å². The molecule has 0 atom stereocenters. The lowest BCUT2D eigenvalue weighted by Gasteiger charge is -2.10. The highest BCUT2D eigenvalue weighted by atomic mass is 19.1. The molecule has 0 aromatic heterocycles. The van der Waals surface area contributed by atoms with Crippen molar-refractivity contribution >= 4 is 5.76 Å². The molecule has 0 amide bonds. The molecule has 0 aliphatic rings. The Morgan fingerprint density at radius 2 is 2.18 bits per heavy atom. The van der Waals surface area contributed by atoms with Crippen LogP contribution in [-0.4, -0.2) is 13.2 Å². The first-order chi connectivity index (χ1) is 8.19. The summed E-state index contributed by atoms with van der Waals surface area (Å²) in [5.41, 5.74) is 1.48. The Hall–Kier alpha value is -1.35. The van der Waals surface area contributed by atoms with Crippen molar-refractivity contribution in [3.05, 3.63) is 41.7 Å². The summed E-state index contributed by atoms with van der Waals surface area (Å²) in [7, 11) is 0. The van der Waals surface area contributed by atoms with Gasteiger partial charge in [0.2, 0.25) is 0 Å². The molecule has 2 nitrogen and oxygen atoms in total. The Balaban J connectivity index is 2.75. The van der Waals surface area contributed by atoms with E-state index in [-0.39, 0.29) is 5.82 Å².